The van der Waals surface area contributed by atoms with E-state index in [2.05, 4.69) is 25.4 Å². The highest BCUT2D eigenvalue weighted by molar-refractivity contribution is 6.30. The summed E-state index contributed by atoms with van der Waals surface area (Å²) in [4.78, 5) is 25.2. The van der Waals surface area contributed by atoms with E-state index in [1.54, 1.807) is 42.7 Å². The summed E-state index contributed by atoms with van der Waals surface area (Å²) in [6.45, 7) is 1.82. The quantitative estimate of drug-likeness (QED) is 0.570. The number of benzene rings is 1. The number of rotatable bonds is 4. The number of nitrogens with zero attached hydrogens (tertiary/aromatic N) is 5. The van der Waals surface area contributed by atoms with Crippen LogP contribution in [0, 0.1) is 6.92 Å². The van der Waals surface area contributed by atoms with Gasteiger partial charge in [-0.25, -0.2) is 15.0 Å². The van der Waals surface area contributed by atoms with Crippen molar-refractivity contribution in [3.63, 3.8) is 0 Å². The summed E-state index contributed by atoms with van der Waals surface area (Å²) in [5, 5.41) is 7.99. The van der Waals surface area contributed by atoms with Crippen molar-refractivity contribution in [2.45, 2.75) is 6.92 Å². The Morgan fingerprint density at radius 2 is 1.86 bits per heavy atom. The first-order chi connectivity index (χ1) is 13.6. The van der Waals surface area contributed by atoms with E-state index in [0.29, 0.717) is 22.5 Å². The largest absolute Gasteiger partial charge is 0.324 e. The highest BCUT2D eigenvalue weighted by Crippen LogP contribution is 2.21. The van der Waals surface area contributed by atoms with Gasteiger partial charge in [-0.2, -0.15) is 9.78 Å². The van der Waals surface area contributed by atoms with Crippen LogP contribution in [0.5, 0.6) is 0 Å². The van der Waals surface area contributed by atoms with Gasteiger partial charge in [0.15, 0.2) is 5.82 Å². The Hall–Kier alpha value is -3.58. The van der Waals surface area contributed by atoms with Crippen molar-refractivity contribution in [2.24, 2.45) is 0 Å². The Morgan fingerprint density at radius 1 is 1.00 bits per heavy atom. The Kier molecular flexibility index (Phi) is 4.82. The molecule has 0 unspecified atom stereocenters. The average Bonchev–Trinajstić information content (AvgIpc) is 2.70. The Morgan fingerprint density at radius 3 is 2.71 bits per heavy atom. The van der Waals surface area contributed by atoms with Crippen LogP contribution in [-0.2, 0) is 0 Å². The van der Waals surface area contributed by atoms with Gasteiger partial charge < -0.3 is 5.32 Å². The maximum atomic E-state index is 12.1. The molecule has 138 valence electrons. The molecule has 0 atom stereocenters. The zero-order valence-corrected chi connectivity index (χ0v) is 15.6. The molecule has 0 aliphatic carbocycles. The molecular formula is C20H15ClN6O. The zero-order valence-electron chi connectivity index (χ0n) is 14.9. The average molecular weight is 391 g/mol. The summed E-state index contributed by atoms with van der Waals surface area (Å²) in [6, 6.07) is 15.8. The summed E-state index contributed by atoms with van der Waals surface area (Å²) in [6.07, 6.45) is 3.28. The van der Waals surface area contributed by atoms with Gasteiger partial charge in [-0.05, 0) is 49.4 Å². The fourth-order valence-electron chi connectivity index (χ4n) is 2.64. The molecule has 0 aliphatic rings. The van der Waals surface area contributed by atoms with E-state index in [1.165, 1.54) is 10.7 Å². The number of nitrogens with one attached hydrogen (secondary N) is 1. The molecule has 0 fully saturated rings. The normalized spacial score (nSPS) is 10.6. The molecule has 0 radical (unpaired) electrons. The Bertz CT molecular complexity index is 1210. The molecule has 0 saturated heterocycles. The van der Waals surface area contributed by atoms with Crippen molar-refractivity contribution in [3.8, 4) is 17.1 Å². The van der Waals surface area contributed by atoms with E-state index >= 15 is 0 Å². The maximum Gasteiger partial charge on any atom is 0.272 e. The highest BCUT2D eigenvalue weighted by Gasteiger charge is 2.08. The fourth-order valence-corrected chi connectivity index (χ4v) is 2.83. The highest BCUT2D eigenvalue weighted by atomic mass is 35.5. The van der Waals surface area contributed by atoms with Crippen LogP contribution >= 0.6 is 11.6 Å². The van der Waals surface area contributed by atoms with E-state index in [-0.39, 0.29) is 5.56 Å². The lowest BCUT2D eigenvalue weighted by molar-refractivity contribution is 0.763. The van der Waals surface area contributed by atoms with Crippen molar-refractivity contribution in [1.29, 1.82) is 0 Å². The summed E-state index contributed by atoms with van der Waals surface area (Å²) >= 11 is 6.02. The molecule has 0 spiro atoms. The molecule has 4 rings (SSSR count). The second-order valence-corrected chi connectivity index (χ2v) is 6.46. The second kappa shape index (κ2) is 7.58. The van der Waals surface area contributed by atoms with Gasteiger partial charge in [0, 0.05) is 34.7 Å². The first-order valence-corrected chi connectivity index (χ1v) is 8.86. The van der Waals surface area contributed by atoms with Crippen molar-refractivity contribution in [1.82, 2.24) is 24.7 Å². The molecule has 8 heteroatoms. The van der Waals surface area contributed by atoms with Gasteiger partial charge in [-0.1, -0.05) is 17.7 Å². The summed E-state index contributed by atoms with van der Waals surface area (Å²) < 4.78 is 1.27. The lowest BCUT2D eigenvalue weighted by Gasteiger charge is -2.08. The van der Waals surface area contributed by atoms with Gasteiger partial charge in [0.1, 0.15) is 0 Å². The van der Waals surface area contributed by atoms with Crippen LogP contribution in [0.25, 0.3) is 17.1 Å². The molecule has 7 nitrogen and oxygen atoms in total. The third-order valence-corrected chi connectivity index (χ3v) is 4.16. The van der Waals surface area contributed by atoms with Crippen LogP contribution in [0.1, 0.15) is 5.69 Å². The predicted octanol–water partition coefficient (Wildman–Crippen LogP) is 3.79. The Labute approximate surface area is 165 Å². The first kappa shape index (κ1) is 17.8. The maximum absolute atomic E-state index is 12.1. The van der Waals surface area contributed by atoms with Gasteiger partial charge in [0.05, 0.1) is 11.4 Å². The number of aryl methyl sites for hydroxylation is 1. The van der Waals surface area contributed by atoms with Crippen LogP contribution in [-0.4, -0.2) is 24.7 Å². The summed E-state index contributed by atoms with van der Waals surface area (Å²) in [5.74, 6) is 0.859. The van der Waals surface area contributed by atoms with E-state index in [0.717, 1.165) is 16.9 Å². The first-order valence-electron chi connectivity index (χ1n) is 8.48. The minimum Gasteiger partial charge on any atom is -0.324 e. The van der Waals surface area contributed by atoms with Gasteiger partial charge in [0.2, 0.25) is 5.95 Å². The van der Waals surface area contributed by atoms with Gasteiger partial charge in [-0.15, -0.1) is 0 Å². The zero-order chi connectivity index (χ0) is 19.5. The predicted molar refractivity (Wildman–Crippen MR) is 108 cm³/mol. The number of hydrogen-bond acceptors (Lipinski definition) is 6. The molecule has 0 amide bonds. The molecular weight excluding hydrogens is 376 g/mol. The number of aromatic nitrogens is 5. The molecule has 1 aromatic carbocycles. The molecule has 0 saturated carbocycles. The standard InChI is InChI=1S/C20H15ClN6O/c1-13-5-6-19(28)27(26-13)18-11-14(7-9-22-18)17-8-10-23-20(25-17)24-16-4-2-3-15(21)12-16/h2-12H,1H3,(H,23,24,25). The van der Waals surface area contributed by atoms with E-state index in [9.17, 15) is 4.79 Å². The van der Waals surface area contributed by atoms with Gasteiger partial charge in [-0.3, -0.25) is 4.79 Å². The van der Waals surface area contributed by atoms with Crippen LogP contribution in [0.2, 0.25) is 5.02 Å². The molecule has 28 heavy (non-hydrogen) atoms. The van der Waals surface area contributed by atoms with Gasteiger partial charge >= 0.3 is 0 Å². The molecule has 1 N–H and O–H groups in total. The smallest absolute Gasteiger partial charge is 0.272 e. The molecule has 3 aromatic heterocycles. The number of pyridine rings is 1. The number of halogens is 1. The third-order valence-electron chi connectivity index (χ3n) is 3.93. The summed E-state index contributed by atoms with van der Waals surface area (Å²) in [5.41, 5.74) is 2.74. The van der Waals surface area contributed by atoms with Crippen molar-refractivity contribution in [2.75, 3.05) is 5.32 Å². The van der Waals surface area contributed by atoms with Crippen LogP contribution in [0.4, 0.5) is 11.6 Å². The molecule has 3 heterocycles. The lowest BCUT2D eigenvalue weighted by Crippen LogP contribution is -2.21. The SMILES string of the molecule is Cc1ccc(=O)n(-c2cc(-c3ccnc(Nc4cccc(Cl)c4)n3)ccn2)n1. The van der Waals surface area contributed by atoms with Crippen molar-refractivity contribution < 1.29 is 0 Å². The van der Waals surface area contributed by atoms with Crippen LogP contribution < -0.4 is 10.9 Å². The number of hydrogen-bond donors (Lipinski definition) is 1. The Balaban J connectivity index is 1.68. The van der Waals surface area contributed by atoms with Crippen molar-refractivity contribution in [3.05, 3.63) is 88.1 Å². The molecule has 0 bridgehead atoms. The topological polar surface area (TPSA) is 85.6 Å². The van der Waals surface area contributed by atoms with Crippen LogP contribution in [0.15, 0.2) is 71.8 Å². The second-order valence-electron chi connectivity index (χ2n) is 6.03. The minimum atomic E-state index is -0.249. The minimum absolute atomic E-state index is 0.249. The molecule has 4 aromatic rings. The van der Waals surface area contributed by atoms with Crippen LogP contribution in [0.3, 0.4) is 0 Å². The number of anilines is 2. The lowest BCUT2D eigenvalue weighted by atomic mass is 10.2. The monoisotopic (exact) mass is 390 g/mol. The van der Waals surface area contributed by atoms with E-state index in [1.807, 2.05) is 25.1 Å². The molecule has 0 aliphatic heterocycles. The van der Waals surface area contributed by atoms with E-state index < -0.39 is 0 Å². The van der Waals surface area contributed by atoms with Gasteiger partial charge in [0.25, 0.3) is 5.56 Å². The van der Waals surface area contributed by atoms with E-state index in [4.69, 9.17) is 11.6 Å². The van der Waals surface area contributed by atoms with Crippen molar-refractivity contribution >= 4 is 23.2 Å². The third kappa shape index (κ3) is 3.89. The summed E-state index contributed by atoms with van der Waals surface area (Å²) in [7, 11) is 0. The fraction of sp³-hybridized carbons (Fsp3) is 0.0500.